The fourth-order valence-corrected chi connectivity index (χ4v) is 3.04. The van der Waals surface area contributed by atoms with Gasteiger partial charge in [-0.25, -0.2) is 18.1 Å². The molecule has 25 heavy (non-hydrogen) atoms. The highest BCUT2D eigenvalue weighted by atomic mass is 32.2. The molecule has 136 valence electrons. The Balaban J connectivity index is 1.72. The Hall–Kier alpha value is -2.39. The molecule has 1 aromatic carbocycles. The van der Waals surface area contributed by atoms with Gasteiger partial charge in [0.1, 0.15) is 12.4 Å². The van der Waals surface area contributed by atoms with Crippen LogP contribution in [0.15, 0.2) is 47.9 Å². The number of ether oxygens (including phenoxy) is 2. The monoisotopic (exact) mass is 367 g/mol. The first-order valence-corrected chi connectivity index (χ1v) is 9.33. The normalized spacial score (nSPS) is 11.2. The average molecular weight is 367 g/mol. The molecule has 0 aliphatic heterocycles. The fraction of sp³-hybridized carbons (Fsp3) is 0.375. The van der Waals surface area contributed by atoms with E-state index in [1.54, 1.807) is 35.4 Å². The van der Waals surface area contributed by atoms with Crippen molar-refractivity contribution in [1.82, 2.24) is 14.3 Å². The third-order valence-corrected chi connectivity index (χ3v) is 4.71. The summed E-state index contributed by atoms with van der Waals surface area (Å²) >= 11 is 0. The minimum atomic E-state index is -3.67. The van der Waals surface area contributed by atoms with Crippen molar-refractivity contribution in [3.8, 4) is 5.75 Å². The highest BCUT2D eigenvalue weighted by Gasteiger charge is 2.14. The van der Waals surface area contributed by atoms with E-state index in [0.717, 1.165) is 0 Å². The van der Waals surface area contributed by atoms with Gasteiger partial charge in [-0.1, -0.05) is 0 Å². The number of rotatable bonds is 10. The van der Waals surface area contributed by atoms with E-state index in [1.165, 1.54) is 12.1 Å². The van der Waals surface area contributed by atoms with E-state index in [4.69, 9.17) is 9.47 Å². The molecule has 2 aromatic rings. The molecule has 9 heteroatoms. The Morgan fingerprint density at radius 2 is 2.04 bits per heavy atom. The lowest BCUT2D eigenvalue weighted by molar-refractivity contribution is -0.143. The number of esters is 1. The van der Waals surface area contributed by atoms with E-state index in [0.29, 0.717) is 18.9 Å². The quantitative estimate of drug-likeness (QED) is 0.633. The molecule has 0 fully saturated rings. The predicted octanol–water partition coefficient (Wildman–Crippen LogP) is 1.19. The Morgan fingerprint density at radius 3 is 2.68 bits per heavy atom. The first-order valence-electron chi connectivity index (χ1n) is 7.85. The van der Waals surface area contributed by atoms with Crippen LogP contribution in [0.2, 0.25) is 0 Å². The SMILES string of the molecule is CCOc1ccc(S(=O)(=O)NCCC(=O)OCCn2ccnc2)cc1. The number of hydrogen-bond donors (Lipinski definition) is 1. The number of benzene rings is 1. The Morgan fingerprint density at radius 1 is 1.28 bits per heavy atom. The molecule has 0 bridgehead atoms. The van der Waals surface area contributed by atoms with Gasteiger partial charge in [-0.15, -0.1) is 0 Å². The summed E-state index contributed by atoms with van der Waals surface area (Å²) in [5.41, 5.74) is 0. The van der Waals surface area contributed by atoms with Crippen LogP contribution >= 0.6 is 0 Å². The number of sulfonamides is 1. The van der Waals surface area contributed by atoms with Gasteiger partial charge in [-0.3, -0.25) is 4.79 Å². The molecule has 2 rings (SSSR count). The molecule has 0 spiro atoms. The van der Waals surface area contributed by atoms with Crippen molar-refractivity contribution in [2.75, 3.05) is 19.8 Å². The molecule has 0 aliphatic carbocycles. The van der Waals surface area contributed by atoms with Gasteiger partial charge < -0.3 is 14.0 Å². The van der Waals surface area contributed by atoms with Gasteiger partial charge >= 0.3 is 5.97 Å². The molecular weight excluding hydrogens is 346 g/mol. The van der Waals surface area contributed by atoms with Gasteiger partial charge in [-0.05, 0) is 31.2 Å². The second-order valence-corrected chi connectivity index (χ2v) is 6.84. The van der Waals surface area contributed by atoms with Crippen molar-refractivity contribution < 1.29 is 22.7 Å². The average Bonchev–Trinajstić information content (AvgIpc) is 3.09. The number of nitrogens with zero attached hydrogens (tertiary/aromatic N) is 2. The van der Waals surface area contributed by atoms with Gasteiger partial charge in [0, 0.05) is 18.9 Å². The van der Waals surface area contributed by atoms with Gasteiger partial charge in [0.05, 0.1) is 30.8 Å². The molecule has 0 unspecified atom stereocenters. The second kappa shape index (κ2) is 9.19. The lowest BCUT2D eigenvalue weighted by Crippen LogP contribution is -2.27. The zero-order valence-electron chi connectivity index (χ0n) is 13.9. The van der Waals surface area contributed by atoms with Crippen LogP contribution < -0.4 is 9.46 Å². The molecule has 0 radical (unpaired) electrons. The summed E-state index contributed by atoms with van der Waals surface area (Å²) in [4.78, 5) is 15.6. The minimum Gasteiger partial charge on any atom is -0.494 e. The molecule has 8 nitrogen and oxygen atoms in total. The molecule has 0 saturated heterocycles. The maximum absolute atomic E-state index is 12.1. The van der Waals surface area contributed by atoms with Crippen molar-refractivity contribution in [3.05, 3.63) is 43.0 Å². The van der Waals surface area contributed by atoms with Crippen LogP contribution in [0.5, 0.6) is 5.75 Å². The standard InChI is InChI=1S/C16H21N3O5S/c1-2-23-14-3-5-15(6-4-14)25(21,22)18-8-7-16(20)24-12-11-19-10-9-17-13-19/h3-6,9-10,13,18H,2,7-8,11-12H2,1H3. The Labute approximate surface area is 146 Å². The summed E-state index contributed by atoms with van der Waals surface area (Å²) in [5.74, 6) is 0.137. The molecule has 1 N–H and O–H groups in total. The fourth-order valence-electron chi connectivity index (χ4n) is 2.01. The van der Waals surface area contributed by atoms with Gasteiger partial charge in [0.15, 0.2) is 0 Å². The lowest BCUT2D eigenvalue weighted by atomic mass is 10.3. The first kappa shape index (κ1) is 18.9. The van der Waals surface area contributed by atoms with Gasteiger partial charge in [0.2, 0.25) is 10.0 Å². The molecule has 0 aliphatic rings. The third-order valence-electron chi connectivity index (χ3n) is 3.24. The Kier molecular flexibility index (Phi) is 6.96. The first-order chi connectivity index (χ1) is 12.0. The van der Waals surface area contributed by atoms with Crippen LogP contribution in [-0.4, -0.2) is 43.7 Å². The van der Waals surface area contributed by atoms with E-state index in [2.05, 4.69) is 9.71 Å². The van der Waals surface area contributed by atoms with Crippen LogP contribution in [0, 0.1) is 0 Å². The van der Waals surface area contributed by atoms with Gasteiger partial charge in [0.25, 0.3) is 0 Å². The molecule has 0 saturated carbocycles. The zero-order valence-corrected chi connectivity index (χ0v) is 14.7. The van der Waals surface area contributed by atoms with Crippen molar-refractivity contribution in [3.63, 3.8) is 0 Å². The number of hydrogen-bond acceptors (Lipinski definition) is 6. The van der Waals surface area contributed by atoms with Crippen molar-refractivity contribution in [2.45, 2.75) is 24.8 Å². The molecule has 0 amide bonds. The Bertz CT molecular complexity index is 758. The zero-order chi connectivity index (χ0) is 18.1. The number of nitrogens with one attached hydrogen (secondary N) is 1. The van der Waals surface area contributed by atoms with Crippen molar-refractivity contribution in [1.29, 1.82) is 0 Å². The van der Waals surface area contributed by atoms with Crippen LogP contribution in [0.1, 0.15) is 13.3 Å². The van der Waals surface area contributed by atoms with E-state index in [1.807, 2.05) is 6.92 Å². The number of aromatic nitrogens is 2. The van der Waals surface area contributed by atoms with Gasteiger partial charge in [-0.2, -0.15) is 0 Å². The summed E-state index contributed by atoms with van der Waals surface area (Å²) in [5, 5.41) is 0. The summed E-state index contributed by atoms with van der Waals surface area (Å²) < 4.78 is 38.7. The van der Waals surface area contributed by atoms with E-state index in [9.17, 15) is 13.2 Å². The smallest absolute Gasteiger partial charge is 0.307 e. The molecule has 1 heterocycles. The topological polar surface area (TPSA) is 99.5 Å². The minimum absolute atomic E-state index is 0.0283. The van der Waals surface area contributed by atoms with Crippen LogP contribution in [-0.2, 0) is 26.1 Å². The summed E-state index contributed by atoms with van der Waals surface area (Å²) in [6.07, 6.45) is 4.98. The van der Waals surface area contributed by atoms with Crippen LogP contribution in [0.4, 0.5) is 0 Å². The highest BCUT2D eigenvalue weighted by Crippen LogP contribution is 2.15. The predicted molar refractivity (Wildman–Crippen MR) is 90.6 cm³/mol. The highest BCUT2D eigenvalue weighted by molar-refractivity contribution is 7.89. The number of imidazole rings is 1. The molecule has 1 aromatic heterocycles. The summed E-state index contributed by atoms with van der Waals surface area (Å²) in [6, 6.07) is 6.08. The summed E-state index contributed by atoms with van der Waals surface area (Å²) in [7, 11) is -3.67. The maximum Gasteiger partial charge on any atom is 0.307 e. The van der Waals surface area contributed by atoms with E-state index >= 15 is 0 Å². The van der Waals surface area contributed by atoms with Crippen molar-refractivity contribution in [2.24, 2.45) is 0 Å². The van der Waals surface area contributed by atoms with E-state index < -0.39 is 16.0 Å². The number of carbonyl (C=O) groups excluding carboxylic acids is 1. The largest absolute Gasteiger partial charge is 0.494 e. The molecule has 0 atom stereocenters. The third kappa shape index (κ3) is 6.20. The number of carbonyl (C=O) groups is 1. The van der Waals surface area contributed by atoms with E-state index in [-0.39, 0.29) is 24.5 Å². The van der Waals surface area contributed by atoms with Crippen LogP contribution in [0.3, 0.4) is 0 Å². The lowest BCUT2D eigenvalue weighted by Gasteiger charge is -2.08. The van der Waals surface area contributed by atoms with Crippen molar-refractivity contribution >= 4 is 16.0 Å². The molecular formula is C16H21N3O5S. The maximum atomic E-state index is 12.1. The second-order valence-electron chi connectivity index (χ2n) is 5.07. The van der Waals surface area contributed by atoms with Crippen LogP contribution in [0.25, 0.3) is 0 Å². The summed E-state index contributed by atoms with van der Waals surface area (Å²) in [6.45, 7) is 3.04.